The molecule has 1 aromatic heterocycles. The molecule has 0 amide bonds. The Morgan fingerprint density at radius 2 is 2.29 bits per heavy atom. The zero-order valence-electron chi connectivity index (χ0n) is 8.51. The Hall–Kier alpha value is 0.140. The first kappa shape index (κ1) is 10.7. The Bertz CT molecular complexity index is 339. The van der Waals surface area contributed by atoms with Gasteiger partial charge in [0.05, 0.1) is 5.60 Å². The van der Waals surface area contributed by atoms with Gasteiger partial charge in [-0.1, -0.05) is 6.92 Å². The van der Waals surface area contributed by atoms with Crippen molar-refractivity contribution in [3.8, 4) is 0 Å². The predicted molar refractivity (Wildman–Crippen MR) is 63.7 cm³/mol. The zero-order valence-corrected chi connectivity index (χ0v) is 10.9. The molecule has 0 bridgehead atoms. The number of hydrogen-bond acceptors (Lipinski definition) is 2. The van der Waals surface area contributed by atoms with E-state index in [2.05, 4.69) is 34.3 Å². The Balaban J connectivity index is 2.10. The maximum Gasteiger partial charge on any atom is 0.0721 e. The fourth-order valence-corrected chi connectivity index (χ4v) is 3.32. The van der Waals surface area contributed by atoms with Crippen molar-refractivity contribution in [1.82, 2.24) is 0 Å². The molecule has 0 saturated heterocycles. The summed E-state index contributed by atoms with van der Waals surface area (Å²) in [5.74, 6) is 0. The van der Waals surface area contributed by atoms with Crippen molar-refractivity contribution in [3.63, 3.8) is 0 Å². The van der Waals surface area contributed by atoms with Gasteiger partial charge in [-0.15, -0.1) is 11.3 Å². The number of halogens is 1. The van der Waals surface area contributed by atoms with E-state index in [4.69, 9.17) is 0 Å². The van der Waals surface area contributed by atoms with Gasteiger partial charge in [0.15, 0.2) is 0 Å². The lowest BCUT2D eigenvalue weighted by Crippen LogP contribution is -2.36. The van der Waals surface area contributed by atoms with E-state index in [9.17, 15) is 5.11 Å². The van der Waals surface area contributed by atoms with Gasteiger partial charge < -0.3 is 5.11 Å². The van der Waals surface area contributed by atoms with Gasteiger partial charge in [0.1, 0.15) is 0 Å². The first-order valence-corrected chi connectivity index (χ1v) is 6.56. The normalized spacial score (nSPS) is 23.1. The van der Waals surface area contributed by atoms with Crippen LogP contribution >= 0.6 is 27.3 Å². The van der Waals surface area contributed by atoms with Crippen molar-refractivity contribution in [2.75, 3.05) is 0 Å². The highest BCUT2D eigenvalue weighted by Crippen LogP contribution is 2.54. The second kappa shape index (κ2) is 3.32. The molecular weight excluding hydrogens is 260 g/mol. The second-order valence-electron chi connectivity index (χ2n) is 4.74. The Labute approximate surface area is 97.3 Å². The molecule has 0 aliphatic heterocycles. The molecule has 1 fully saturated rings. The second-order valence-corrected chi connectivity index (χ2v) is 6.65. The number of rotatable bonds is 3. The maximum atomic E-state index is 10.4. The van der Waals surface area contributed by atoms with Crippen molar-refractivity contribution >= 4 is 27.3 Å². The maximum absolute atomic E-state index is 10.4. The summed E-state index contributed by atoms with van der Waals surface area (Å²) < 4.78 is 1.12. The van der Waals surface area contributed by atoms with Crippen LogP contribution in [0.1, 0.15) is 31.6 Å². The average molecular weight is 275 g/mol. The molecule has 1 aromatic rings. The smallest absolute Gasteiger partial charge is 0.0721 e. The molecule has 14 heavy (non-hydrogen) atoms. The van der Waals surface area contributed by atoms with Crippen LogP contribution in [0.4, 0.5) is 0 Å². The van der Waals surface area contributed by atoms with Crippen LogP contribution in [-0.4, -0.2) is 10.7 Å². The van der Waals surface area contributed by atoms with Crippen LogP contribution in [0, 0.1) is 5.41 Å². The molecule has 1 N–H and O–H groups in total. The van der Waals surface area contributed by atoms with Gasteiger partial charge >= 0.3 is 0 Å². The number of hydrogen-bond donors (Lipinski definition) is 1. The van der Waals surface area contributed by atoms with Crippen LogP contribution in [0.25, 0.3) is 0 Å². The van der Waals surface area contributed by atoms with Crippen LogP contribution in [-0.2, 0) is 6.42 Å². The first-order valence-electron chi connectivity index (χ1n) is 4.88. The van der Waals surface area contributed by atoms with E-state index in [-0.39, 0.29) is 5.41 Å². The highest BCUT2D eigenvalue weighted by molar-refractivity contribution is 9.10. The SMILES string of the molecule is CC(O)(Cc1cc(Br)cs1)C1(C)CC1. The highest BCUT2D eigenvalue weighted by atomic mass is 79.9. The summed E-state index contributed by atoms with van der Waals surface area (Å²) in [5.41, 5.74) is -0.388. The molecule has 1 heterocycles. The van der Waals surface area contributed by atoms with Crippen LogP contribution in [0.5, 0.6) is 0 Å². The van der Waals surface area contributed by atoms with E-state index in [1.165, 1.54) is 4.88 Å². The molecule has 2 rings (SSSR count). The van der Waals surface area contributed by atoms with Crippen molar-refractivity contribution in [2.24, 2.45) is 5.41 Å². The van der Waals surface area contributed by atoms with E-state index >= 15 is 0 Å². The van der Waals surface area contributed by atoms with E-state index < -0.39 is 5.60 Å². The standard InChI is InChI=1S/C11H15BrOS/c1-10(3-4-10)11(2,13)6-9-5-8(12)7-14-9/h5,7,13H,3-4,6H2,1-2H3. The largest absolute Gasteiger partial charge is 0.389 e. The quantitative estimate of drug-likeness (QED) is 0.893. The zero-order chi connectivity index (χ0) is 10.4. The fourth-order valence-electron chi connectivity index (χ4n) is 1.73. The third-order valence-electron chi connectivity index (χ3n) is 3.44. The van der Waals surface area contributed by atoms with E-state index in [0.717, 1.165) is 23.7 Å². The Morgan fingerprint density at radius 3 is 2.71 bits per heavy atom. The average Bonchev–Trinajstić information content (AvgIpc) is 2.70. The lowest BCUT2D eigenvalue weighted by Gasteiger charge is -2.30. The third kappa shape index (κ3) is 1.90. The van der Waals surface area contributed by atoms with Crippen LogP contribution < -0.4 is 0 Å². The summed E-state index contributed by atoms with van der Waals surface area (Å²) in [6, 6.07) is 2.10. The van der Waals surface area contributed by atoms with E-state index in [1.54, 1.807) is 11.3 Å². The molecule has 1 unspecified atom stereocenters. The van der Waals surface area contributed by atoms with Crippen molar-refractivity contribution in [3.05, 3.63) is 20.8 Å². The van der Waals surface area contributed by atoms with E-state index in [0.29, 0.717) is 0 Å². The summed E-state index contributed by atoms with van der Waals surface area (Å²) >= 11 is 5.15. The topological polar surface area (TPSA) is 20.2 Å². The number of thiophene rings is 1. The van der Waals surface area contributed by atoms with Gasteiger partial charge in [-0.3, -0.25) is 0 Å². The molecule has 0 spiro atoms. The lowest BCUT2D eigenvalue weighted by molar-refractivity contribution is -0.00632. The van der Waals surface area contributed by atoms with Crippen LogP contribution in [0.2, 0.25) is 0 Å². The summed E-state index contributed by atoms with van der Waals surface area (Å²) in [7, 11) is 0. The Kier molecular flexibility index (Phi) is 2.53. The first-order chi connectivity index (χ1) is 6.43. The molecule has 78 valence electrons. The van der Waals surface area contributed by atoms with Gasteiger partial charge in [0.25, 0.3) is 0 Å². The summed E-state index contributed by atoms with van der Waals surface area (Å²) in [4.78, 5) is 1.26. The van der Waals surface area contributed by atoms with Crippen LogP contribution in [0.3, 0.4) is 0 Å². The van der Waals surface area contributed by atoms with Crippen molar-refractivity contribution < 1.29 is 5.11 Å². The minimum Gasteiger partial charge on any atom is -0.389 e. The predicted octanol–water partition coefficient (Wildman–Crippen LogP) is 3.60. The van der Waals surface area contributed by atoms with Gasteiger partial charge in [-0.25, -0.2) is 0 Å². The van der Waals surface area contributed by atoms with Gasteiger partial charge in [-0.05, 0) is 47.2 Å². The molecule has 1 aliphatic rings. The summed E-state index contributed by atoms with van der Waals surface area (Å²) in [5, 5.41) is 12.4. The van der Waals surface area contributed by atoms with E-state index in [1.807, 2.05) is 6.92 Å². The minimum absolute atomic E-state index is 0.156. The molecule has 1 nitrogen and oxygen atoms in total. The molecule has 1 aliphatic carbocycles. The molecular formula is C11H15BrOS. The molecule has 1 atom stereocenters. The summed E-state index contributed by atoms with van der Waals surface area (Å²) in [6.07, 6.45) is 3.10. The summed E-state index contributed by atoms with van der Waals surface area (Å²) in [6.45, 7) is 4.14. The lowest BCUT2D eigenvalue weighted by atomic mass is 9.84. The van der Waals surface area contributed by atoms with Gasteiger partial charge in [-0.2, -0.15) is 0 Å². The molecule has 0 aromatic carbocycles. The highest BCUT2D eigenvalue weighted by Gasteiger charge is 2.52. The van der Waals surface area contributed by atoms with Gasteiger partial charge in [0, 0.05) is 21.2 Å². The minimum atomic E-state index is -0.544. The number of aliphatic hydroxyl groups is 1. The van der Waals surface area contributed by atoms with Crippen LogP contribution in [0.15, 0.2) is 15.9 Å². The molecule has 3 heteroatoms. The molecule has 1 saturated carbocycles. The molecule has 0 radical (unpaired) electrons. The third-order valence-corrected chi connectivity index (χ3v) is 5.14. The van der Waals surface area contributed by atoms with Crippen molar-refractivity contribution in [2.45, 2.75) is 38.7 Å². The fraction of sp³-hybridized carbons (Fsp3) is 0.636. The van der Waals surface area contributed by atoms with Crippen molar-refractivity contribution in [1.29, 1.82) is 0 Å². The monoisotopic (exact) mass is 274 g/mol. The van der Waals surface area contributed by atoms with Gasteiger partial charge in [0.2, 0.25) is 0 Å². The Morgan fingerprint density at radius 1 is 1.64 bits per heavy atom.